The summed E-state index contributed by atoms with van der Waals surface area (Å²) in [6.07, 6.45) is 1.03. The van der Waals surface area contributed by atoms with Crippen LogP contribution in [-0.4, -0.2) is 16.5 Å². The molecule has 0 aliphatic rings. The van der Waals surface area contributed by atoms with Crippen LogP contribution < -0.4 is 10.9 Å². The molecular formula is C14H15Cl2N3O. The van der Waals surface area contributed by atoms with Crippen LogP contribution in [-0.2, 0) is 6.54 Å². The van der Waals surface area contributed by atoms with Crippen LogP contribution >= 0.6 is 23.2 Å². The second-order valence-corrected chi connectivity index (χ2v) is 5.21. The van der Waals surface area contributed by atoms with Crippen LogP contribution in [0.3, 0.4) is 0 Å². The minimum absolute atomic E-state index is 0.186. The van der Waals surface area contributed by atoms with Crippen molar-refractivity contribution >= 4 is 23.2 Å². The monoisotopic (exact) mass is 311 g/mol. The van der Waals surface area contributed by atoms with Gasteiger partial charge in [0, 0.05) is 18.2 Å². The van der Waals surface area contributed by atoms with Crippen molar-refractivity contribution in [1.82, 2.24) is 15.3 Å². The molecule has 2 N–H and O–H groups in total. The maximum atomic E-state index is 11.7. The van der Waals surface area contributed by atoms with E-state index in [0.717, 1.165) is 18.5 Å². The Balaban J connectivity index is 2.31. The zero-order valence-electron chi connectivity index (χ0n) is 11.0. The summed E-state index contributed by atoms with van der Waals surface area (Å²) in [4.78, 5) is 18.8. The van der Waals surface area contributed by atoms with E-state index in [9.17, 15) is 4.79 Å². The number of aromatic amines is 1. The molecule has 0 spiro atoms. The second-order valence-electron chi connectivity index (χ2n) is 4.39. The van der Waals surface area contributed by atoms with Gasteiger partial charge in [-0.25, -0.2) is 4.98 Å². The number of benzene rings is 1. The molecule has 1 aromatic heterocycles. The molecule has 0 fully saturated rings. The van der Waals surface area contributed by atoms with E-state index in [4.69, 9.17) is 23.2 Å². The Morgan fingerprint density at radius 1 is 1.25 bits per heavy atom. The van der Waals surface area contributed by atoms with Gasteiger partial charge in [-0.05, 0) is 31.2 Å². The Kier molecular flexibility index (Phi) is 5.17. The van der Waals surface area contributed by atoms with E-state index >= 15 is 0 Å². The zero-order chi connectivity index (χ0) is 14.5. The van der Waals surface area contributed by atoms with E-state index < -0.39 is 0 Å². The summed E-state index contributed by atoms with van der Waals surface area (Å²) in [6, 6.07) is 6.63. The van der Waals surface area contributed by atoms with E-state index in [2.05, 4.69) is 22.2 Å². The molecule has 2 rings (SSSR count). The van der Waals surface area contributed by atoms with Crippen LogP contribution in [0.1, 0.15) is 19.0 Å². The quantitative estimate of drug-likeness (QED) is 0.833. The van der Waals surface area contributed by atoms with Crippen LogP contribution in [0.4, 0.5) is 0 Å². The molecule has 0 amide bonds. The van der Waals surface area contributed by atoms with Gasteiger partial charge in [0.2, 0.25) is 0 Å². The summed E-state index contributed by atoms with van der Waals surface area (Å²) >= 11 is 11.9. The Labute approximate surface area is 127 Å². The van der Waals surface area contributed by atoms with Gasteiger partial charge in [0.05, 0.1) is 15.7 Å². The molecule has 0 aliphatic carbocycles. The van der Waals surface area contributed by atoms with Crippen LogP contribution in [0, 0.1) is 0 Å². The first-order chi connectivity index (χ1) is 9.60. The van der Waals surface area contributed by atoms with Crippen molar-refractivity contribution < 1.29 is 0 Å². The van der Waals surface area contributed by atoms with Gasteiger partial charge in [0.25, 0.3) is 5.56 Å². The summed E-state index contributed by atoms with van der Waals surface area (Å²) in [7, 11) is 0. The summed E-state index contributed by atoms with van der Waals surface area (Å²) in [5.74, 6) is 0.490. The fourth-order valence-corrected chi connectivity index (χ4v) is 2.07. The summed E-state index contributed by atoms with van der Waals surface area (Å²) < 4.78 is 0. The molecule has 0 saturated carbocycles. The Morgan fingerprint density at radius 2 is 2.05 bits per heavy atom. The maximum Gasteiger partial charge on any atom is 0.251 e. The highest BCUT2D eigenvalue weighted by molar-refractivity contribution is 6.42. The molecule has 2 aromatic rings. The molecule has 4 nitrogen and oxygen atoms in total. The number of nitrogens with one attached hydrogen (secondary N) is 2. The molecule has 1 aromatic carbocycles. The first kappa shape index (κ1) is 15.0. The predicted octanol–water partition coefficient (Wildman–Crippen LogP) is 3.24. The third-order valence-corrected chi connectivity index (χ3v) is 3.46. The third-order valence-electron chi connectivity index (χ3n) is 2.72. The van der Waals surface area contributed by atoms with Crippen molar-refractivity contribution in [3.8, 4) is 11.4 Å². The van der Waals surface area contributed by atoms with Crippen LogP contribution in [0.5, 0.6) is 0 Å². The number of hydrogen-bond acceptors (Lipinski definition) is 3. The summed E-state index contributed by atoms with van der Waals surface area (Å²) in [6.45, 7) is 3.53. The number of nitrogens with zero attached hydrogens (tertiary/aromatic N) is 1. The predicted molar refractivity (Wildman–Crippen MR) is 82.3 cm³/mol. The maximum absolute atomic E-state index is 11.7. The second kappa shape index (κ2) is 6.88. The Morgan fingerprint density at radius 3 is 2.75 bits per heavy atom. The summed E-state index contributed by atoms with van der Waals surface area (Å²) in [5, 5.41) is 4.12. The van der Waals surface area contributed by atoms with Crippen molar-refractivity contribution in [2.45, 2.75) is 19.9 Å². The van der Waals surface area contributed by atoms with Crippen molar-refractivity contribution in [3.63, 3.8) is 0 Å². The van der Waals surface area contributed by atoms with Gasteiger partial charge in [-0.15, -0.1) is 0 Å². The molecule has 0 unspecified atom stereocenters. The zero-order valence-corrected chi connectivity index (χ0v) is 12.6. The van der Waals surface area contributed by atoms with Gasteiger partial charge in [-0.1, -0.05) is 30.1 Å². The van der Waals surface area contributed by atoms with E-state index in [1.54, 1.807) is 18.2 Å². The number of aromatic nitrogens is 2. The van der Waals surface area contributed by atoms with Crippen molar-refractivity contribution in [3.05, 3.63) is 50.4 Å². The van der Waals surface area contributed by atoms with Crippen LogP contribution in [0.15, 0.2) is 29.1 Å². The SMILES string of the molecule is CCCNCc1cc(=O)[nH]c(-c2ccc(Cl)c(Cl)c2)n1. The lowest BCUT2D eigenvalue weighted by Crippen LogP contribution is -2.18. The van der Waals surface area contributed by atoms with E-state index in [1.807, 2.05) is 0 Å². The average molecular weight is 312 g/mol. The van der Waals surface area contributed by atoms with Gasteiger partial charge < -0.3 is 10.3 Å². The molecule has 20 heavy (non-hydrogen) atoms. The molecular weight excluding hydrogens is 297 g/mol. The largest absolute Gasteiger partial charge is 0.311 e. The lowest BCUT2D eigenvalue weighted by Gasteiger charge is -2.06. The standard InChI is InChI=1S/C14H15Cl2N3O/c1-2-5-17-8-10-7-13(20)19-14(18-10)9-3-4-11(15)12(16)6-9/h3-4,6-7,17H,2,5,8H2,1H3,(H,18,19,20). The molecule has 0 aliphatic heterocycles. The fourth-order valence-electron chi connectivity index (χ4n) is 1.77. The van der Waals surface area contributed by atoms with E-state index in [-0.39, 0.29) is 5.56 Å². The van der Waals surface area contributed by atoms with Crippen molar-refractivity contribution in [2.24, 2.45) is 0 Å². The van der Waals surface area contributed by atoms with E-state index in [0.29, 0.717) is 28.1 Å². The Hall–Kier alpha value is -1.36. The van der Waals surface area contributed by atoms with Crippen LogP contribution in [0.2, 0.25) is 10.0 Å². The number of rotatable bonds is 5. The highest BCUT2D eigenvalue weighted by Gasteiger charge is 2.06. The number of hydrogen-bond donors (Lipinski definition) is 2. The van der Waals surface area contributed by atoms with Gasteiger partial charge in [-0.2, -0.15) is 0 Å². The lowest BCUT2D eigenvalue weighted by atomic mass is 10.2. The lowest BCUT2D eigenvalue weighted by molar-refractivity contribution is 0.662. The topological polar surface area (TPSA) is 57.8 Å². The van der Waals surface area contributed by atoms with E-state index in [1.165, 1.54) is 6.07 Å². The first-order valence-corrected chi connectivity index (χ1v) is 7.12. The number of halogens is 2. The highest BCUT2D eigenvalue weighted by Crippen LogP contribution is 2.26. The molecule has 0 atom stereocenters. The van der Waals surface area contributed by atoms with Crippen molar-refractivity contribution in [2.75, 3.05) is 6.54 Å². The van der Waals surface area contributed by atoms with Gasteiger partial charge >= 0.3 is 0 Å². The minimum atomic E-state index is -0.186. The van der Waals surface area contributed by atoms with Crippen LogP contribution in [0.25, 0.3) is 11.4 Å². The molecule has 106 valence electrons. The Bertz CT molecular complexity index is 655. The minimum Gasteiger partial charge on any atom is -0.311 e. The first-order valence-electron chi connectivity index (χ1n) is 6.36. The molecule has 0 bridgehead atoms. The third kappa shape index (κ3) is 3.82. The smallest absolute Gasteiger partial charge is 0.251 e. The molecule has 6 heteroatoms. The van der Waals surface area contributed by atoms with Gasteiger partial charge in [0.1, 0.15) is 5.82 Å². The van der Waals surface area contributed by atoms with Gasteiger partial charge in [0.15, 0.2) is 0 Å². The van der Waals surface area contributed by atoms with Gasteiger partial charge in [-0.3, -0.25) is 4.79 Å². The number of H-pyrrole nitrogens is 1. The normalized spacial score (nSPS) is 10.8. The summed E-state index contributed by atoms with van der Waals surface area (Å²) in [5.41, 5.74) is 1.24. The molecule has 0 radical (unpaired) electrons. The van der Waals surface area contributed by atoms with Crippen molar-refractivity contribution in [1.29, 1.82) is 0 Å². The molecule has 1 heterocycles. The molecule has 0 saturated heterocycles. The average Bonchev–Trinajstić information content (AvgIpc) is 2.41. The fraction of sp³-hybridized carbons (Fsp3) is 0.286. The highest BCUT2D eigenvalue weighted by atomic mass is 35.5.